The van der Waals surface area contributed by atoms with Crippen LogP contribution in [0.1, 0.15) is 5.56 Å². The third-order valence-electron chi connectivity index (χ3n) is 3.35. The highest BCUT2D eigenvalue weighted by Gasteiger charge is 2.11. The van der Waals surface area contributed by atoms with E-state index in [4.69, 9.17) is 22.6 Å². The summed E-state index contributed by atoms with van der Waals surface area (Å²) >= 11 is 6.10. The van der Waals surface area contributed by atoms with Crippen molar-refractivity contribution in [1.29, 1.82) is 5.26 Å². The Morgan fingerprint density at radius 2 is 1.70 bits per heavy atom. The lowest BCUT2D eigenvalue weighted by Gasteiger charge is -2.11. The van der Waals surface area contributed by atoms with Crippen molar-refractivity contribution in [2.24, 2.45) is 0 Å². The third kappa shape index (κ3) is 1.99. The highest BCUT2D eigenvalue weighted by atomic mass is 35.5. The summed E-state index contributed by atoms with van der Waals surface area (Å²) < 4.78 is 0. The number of nitrogen functional groups attached to an aromatic ring is 1. The second kappa shape index (κ2) is 4.88. The van der Waals surface area contributed by atoms with Gasteiger partial charge in [-0.05, 0) is 28.5 Å². The molecule has 3 rings (SSSR count). The largest absolute Gasteiger partial charge is 0.397 e. The molecule has 0 spiro atoms. The van der Waals surface area contributed by atoms with Gasteiger partial charge >= 0.3 is 0 Å². The average molecular weight is 279 g/mol. The molecule has 2 N–H and O–H groups in total. The smallest absolute Gasteiger partial charge is 0.101 e. The van der Waals surface area contributed by atoms with E-state index in [-0.39, 0.29) is 0 Å². The van der Waals surface area contributed by atoms with Gasteiger partial charge in [0.25, 0.3) is 0 Å². The zero-order valence-corrected chi connectivity index (χ0v) is 11.4. The van der Waals surface area contributed by atoms with Gasteiger partial charge in [-0.25, -0.2) is 0 Å². The Morgan fingerprint density at radius 1 is 0.950 bits per heavy atom. The van der Waals surface area contributed by atoms with E-state index in [1.54, 1.807) is 12.1 Å². The summed E-state index contributed by atoms with van der Waals surface area (Å²) in [6, 6.07) is 19.6. The molecule has 0 saturated carbocycles. The minimum Gasteiger partial charge on any atom is -0.397 e. The molecule has 0 saturated heterocycles. The number of benzene rings is 3. The van der Waals surface area contributed by atoms with E-state index in [0.717, 1.165) is 21.9 Å². The summed E-state index contributed by atoms with van der Waals surface area (Å²) in [4.78, 5) is 0. The molecule has 3 heteroatoms. The molecule has 96 valence electrons. The summed E-state index contributed by atoms with van der Waals surface area (Å²) in [5.74, 6) is 0. The van der Waals surface area contributed by atoms with E-state index >= 15 is 0 Å². The van der Waals surface area contributed by atoms with Crippen LogP contribution in [0.25, 0.3) is 21.9 Å². The molecule has 0 radical (unpaired) electrons. The predicted molar refractivity (Wildman–Crippen MR) is 83.5 cm³/mol. The Balaban J connectivity index is 2.38. The SMILES string of the molecule is N#Cc1cc(Cl)cc(-c2cccc3ccccc23)c1N. The van der Waals surface area contributed by atoms with Crippen molar-refractivity contribution in [3.8, 4) is 17.2 Å². The van der Waals surface area contributed by atoms with Crippen molar-refractivity contribution < 1.29 is 0 Å². The number of nitrogens with two attached hydrogens (primary N) is 1. The fourth-order valence-electron chi connectivity index (χ4n) is 2.39. The van der Waals surface area contributed by atoms with E-state index < -0.39 is 0 Å². The van der Waals surface area contributed by atoms with Gasteiger partial charge in [-0.3, -0.25) is 0 Å². The number of halogens is 1. The molecule has 0 bridgehead atoms. The van der Waals surface area contributed by atoms with Crippen molar-refractivity contribution in [2.75, 3.05) is 5.73 Å². The van der Waals surface area contributed by atoms with Crippen LogP contribution in [0.5, 0.6) is 0 Å². The molecule has 20 heavy (non-hydrogen) atoms. The molecule has 0 heterocycles. The van der Waals surface area contributed by atoms with Gasteiger partial charge in [0.1, 0.15) is 6.07 Å². The first-order chi connectivity index (χ1) is 9.70. The number of nitrogens with zero attached hydrogens (tertiary/aromatic N) is 1. The predicted octanol–water partition coefficient (Wildman–Crippen LogP) is 4.61. The standard InChI is InChI=1S/C17H11ClN2/c18-13-8-12(10-19)17(20)16(9-13)15-7-3-5-11-4-1-2-6-14(11)15/h1-9H,20H2. The van der Waals surface area contributed by atoms with E-state index in [1.165, 1.54) is 0 Å². The third-order valence-corrected chi connectivity index (χ3v) is 3.56. The number of hydrogen-bond acceptors (Lipinski definition) is 2. The second-order valence-electron chi connectivity index (χ2n) is 4.55. The zero-order valence-electron chi connectivity index (χ0n) is 10.6. The van der Waals surface area contributed by atoms with Crippen molar-refractivity contribution >= 4 is 28.1 Å². The number of fused-ring (bicyclic) bond motifs is 1. The lowest BCUT2D eigenvalue weighted by Crippen LogP contribution is -1.95. The monoisotopic (exact) mass is 278 g/mol. The minimum absolute atomic E-state index is 0.403. The lowest BCUT2D eigenvalue weighted by molar-refractivity contribution is 1.48. The number of rotatable bonds is 1. The molecule has 3 aromatic carbocycles. The first-order valence-corrected chi connectivity index (χ1v) is 6.56. The Bertz CT molecular complexity index is 842. The molecule has 0 aliphatic heterocycles. The molecule has 0 aliphatic carbocycles. The number of nitriles is 1. The summed E-state index contributed by atoms with van der Waals surface area (Å²) in [5, 5.41) is 11.9. The van der Waals surface area contributed by atoms with Crippen LogP contribution in [-0.4, -0.2) is 0 Å². The van der Waals surface area contributed by atoms with E-state index in [9.17, 15) is 0 Å². The van der Waals surface area contributed by atoms with E-state index in [0.29, 0.717) is 16.3 Å². The van der Waals surface area contributed by atoms with Crippen molar-refractivity contribution in [3.63, 3.8) is 0 Å². The van der Waals surface area contributed by atoms with Gasteiger partial charge in [0, 0.05) is 10.6 Å². The first kappa shape index (κ1) is 12.5. The maximum atomic E-state index is 9.14. The van der Waals surface area contributed by atoms with Gasteiger partial charge in [0.05, 0.1) is 11.3 Å². The lowest BCUT2D eigenvalue weighted by atomic mass is 9.95. The van der Waals surface area contributed by atoms with Gasteiger partial charge in [-0.1, -0.05) is 54.1 Å². The molecule has 0 aromatic heterocycles. The maximum Gasteiger partial charge on any atom is 0.101 e. The first-order valence-electron chi connectivity index (χ1n) is 6.18. The molecular formula is C17H11ClN2. The molecule has 3 aromatic rings. The summed E-state index contributed by atoms with van der Waals surface area (Å²) in [7, 11) is 0. The Hall–Kier alpha value is -2.50. The zero-order chi connectivity index (χ0) is 14.1. The fourth-order valence-corrected chi connectivity index (χ4v) is 2.61. The molecule has 0 unspecified atom stereocenters. The highest BCUT2D eigenvalue weighted by Crippen LogP contribution is 2.35. The van der Waals surface area contributed by atoms with Gasteiger partial charge in [-0.2, -0.15) is 5.26 Å². The van der Waals surface area contributed by atoms with Crippen LogP contribution in [0, 0.1) is 11.3 Å². The van der Waals surface area contributed by atoms with Gasteiger partial charge < -0.3 is 5.73 Å². The van der Waals surface area contributed by atoms with Gasteiger partial charge in [0.15, 0.2) is 0 Å². The van der Waals surface area contributed by atoms with Crippen LogP contribution < -0.4 is 5.73 Å². The topological polar surface area (TPSA) is 49.8 Å². The summed E-state index contributed by atoms with van der Waals surface area (Å²) in [6.45, 7) is 0. The Labute approximate surface area is 122 Å². The van der Waals surface area contributed by atoms with E-state index in [2.05, 4.69) is 6.07 Å². The van der Waals surface area contributed by atoms with Gasteiger partial charge in [0.2, 0.25) is 0 Å². The van der Waals surface area contributed by atoms with Crippen molar-refractivity contribution in [3.05, 3.63) is 65.2 Å². The Morgan fingerprint density at radius 3 is 2.50 bits per heavy atom. The number of hydrogen-bond donors (Lipinski definition) is 1. The van der Waals surface area contributed by atoms with Crippen molar-refractivity contribution in [2.45, 2.75) is 0 Å². The molecule has 2 nitrogen and oxygen atoms in total. The molecule has 0 atom stereocenters. The van der Waals surface area contributed by atoms with E-state index in [1.807, 2.05) is 42.5 Å². The summed E-state index contributed by atoms with van der Waals surface area (Å²) in [5.41, 5.74) is 8.76. The molecule has 0 amide bonds. The van der Waals surface area contributed by atoms with Crippen LogP contribution in [0.15, 0.2) is 54.6 Å². The van der Waals surface area contributed by atoms with Crippen LogP contribution in [-0.2, 0) is 0 Å². The second-order valence-corrected chi connectivity index (χ2v) is 4.99. The molecule has 0 aliphatic rings. The molecule has 0 fully saturated rings. The fraction of sp³-hybridized carbons (Fsp3) is 0. The number of anilines is 1. The van der Waals surface area contributed by atoms with Gasteiger partial charge in [-0.15, -0.1) is 0 Å². The Kier molecular flexibility index (Phi) is 3.06. The van der Waals surface area contributed by atoms with Crippen LogP contribution in [0.2, 0.25) is 5.02 Å². The molecular weight excluding hydrogens is 268 g/mol. The minimum atomic E-state index is 0.403. The normalized spacial score (nSPS) is 10.4. The van der Waals surface area contributed by atoms with Crippen LogP contribution >= 0.6 is 11.6 Å². The van der Waals surface area contributed by atoms with Crippen LogP contribution in [0.3, 0.4) is 0 Å². The maximum absolute atomic E-state index is 9.14. The van der Waals surface area contributed by atoms with Crippen LogP contribution in [0.4, 0.5) is 5.69 Å². The van der Waals surface area contributed by atoms with Crippen molar-refractivity contribution in [1.82, 2.24) is 0 Å². The quantitative estimate of drug-likeness (QED) is 0.661. The summed E-state index contributed by atoms with van der Waals surface area (Å²) in [6.07, 6.45) is 0. The highest BCUT2D eigenvalue weighted by molar-refractivity contribution is 6.31. The average Bonchev–Trinajstić information content (AvgIpc) is 2.48.